The summed E-state index contributed by atoms with van der Waals surface area (Å²) in [4.78, 5) is 14.3. The lowest BCUT2D eigenvalue weighted by Gasteiger charge is -2.34. The summed E-state index contributed by atoms with van der Waals surface area (Å²) in [7, 11) is -3.53. The number of carbonyl (C=O) groups excluding carboxylic acids is 1. The number of benzene rings is 1. The third kappa shape index (κ3) is 4.08. The van der Waals surface area contributed by atoms with Gasteiger partial charge in [-0.3, -0.25) is 0 Å². The summed E-state index contributed by atoms with van der Waals surface area (Å²) < 4.78 is 27.2. The van der Waals surface area contributed by atoms with Gasteiger partial charge in [0, 0.05) is 32.7 Å². The molecule has 0 unspecified atom stereocenters. The van der Waals surface area contributed by atoms with Crippen LogP contribution in [0.4, 0.5) is 4.79 Å². The van der Waals surface area contributed by atoms with Crippen molar-refractivity contribution in [1.82, 2.24) is 14.5 Å². The molecule has 8 heteroatoms. The number of nitrogens with zero attached hydrogens (tertiary/aromatic N) is 2. The van der Waals surface area contributed by atoms with E-state index in [0.29, 0.717) is 37.6 Å². The van der Waals surface area contributed by atoms with Crippen LogP contribution in [0.1, 0.15) is 16.7 Å². The molecule has 1 aromatic heterocycles. The lowest BCUT2D eigenvalue weighted by molar-refractivity contribution is 0.172. The summed E-state index contributed by atoms with van der Waals surface area (Å²) in [5.74, 6) is 0. The molecule has 26 heavy (non-hydrogen) atoms. The maximum atomic E-state index is 12.9. The number of hydrogen-bond donors (Lipinski definition) is 1. The molecule has 3 rings (SSSR count). The number of sulfonamides is 1. The highest BCUT2D eigenvalue weighted by atomic mass is 32.2. The zero-order valence-electron chi connectivity index (χ0n) is 14.9. The Morgan fingerprint density at radius 1 is 1.15 bits per heavy atom. The van der Waals surface area contributed by atoms with Gasteiger partial charge in [0.1, 0.15) is 0 Å². The van der Waals surface area contributed by atoms with Crippen molar-refractivity contribution in [3.05, 3.63) is 51.7 Å². The summed E-state index contributed by atoms with van der Waals surface area (Å²) in [6.07, 6.45) is 0. The molecule has 2 aromatic rings. The maximum Gasteiger partial charge on any atom is 0.317 e. The van der Waals surface area contributed by atoms with E-state index in [1.807, 2.05) is 42.8 Å². The van der Waals surface area contributed by atoms with Crippen LogP contribution in [0.25, 0.3) is 0 Å². The Kier molecular flexibility index (Phi) is 5.64. The molecule has 1 aliphatic rings. The molecule has 1 aliphatic heterocycles. The SMILES string of the molecule is Cc1ccc(S(=O)(=O)N2CCN(C(=O)NCc3ccsc3)CC2)c(C)c1. The van der Waals surface area contributed by atoms with E-state index in [-0.39, 0.29) is 6.03 Å². The number of thiophene rings is 1. The molecular weight excluding hydrogens is 370 g/mol. The fraction of sp³-hybridized carbons (Fsp3) is 0.389. The predicted octanol–water partition coefficient (Wildman–Crippen LogP) is 2.58. The number of nitrogens with one attached hydrogen (secondary N) is 1. The second kappa shape index (κ2) is 7.77. The van der Waals surface area contributed by atoms with E-state index >= 15 is 0 Å². The lowest BCUT2D eigenvalue weighted by atomic mass is 10.2. The van der Waals surface area contributed by atoms with E-state index in [2.05, 4.69) is 5.32 Å². The number of urea groups is 1. The smallest absolute Gasteiger partial charge is 0.317 e. The van der Waals surface area contributed by atoms with Crippen LogP contribution in [0.2, 0.25) is 0 Å². The number of carbonyl (C=O) groups is 1. The zero-order chi connectivity index (χ0) is 18.7. The van der Waals surface area contributed by atoms with Gasteiger partial charge in [0.05, 0.1) is 4.90 Å². The first-order valence-corrected chi connectivity index (χ1v) is 10.9. The van der Waals surface area contributed by atoms with Crippen LogP contribution in [-0.2, 0) is 16.6 Å². The summed E-state index contributed by atoms with van der Waals surface area (Å²) in [5.41, 5.74) is 2.86. The molecule has 6 nitrogen and oxygen atoms in total. The summed E-state index contributed by atoms with van der Waals surface area (Å²) in [5, 5.41) is 6.85. The van der Waals surface area contributed by atoms with Crippen LogP contribution in [0, 0.1) is 13.8 Å². The van der Waals surface area contributed by atoms with E-state index in [4.69, 9.17) is 0 Å². The second-order valence-electron chi connectivity index (χ2n) is 6.45. The van der Waals surface area contributed by atoms with E-state index in [9.17, 15) is 13.2 Å². The Balaban J connectivity index is 1.59. The van der Waals surface area contributed by atoms with Gasteiger partial charge in [-0.2, -0.15) is 15.6 Å². The predicted molar refractivity (Wildman–Crippen MR) is 103 cm³/mol. The highest BCUT2D eigenvalue weighted by molar-refractivity contribution is 7.89. The van der Waals surface area contributed by atoms with Gasteiger partial charge >= 0.3 is 6.03 Å². The molecule has 1 saturated heterocycles. The molecule has 1 aromatic carbocycles. The molecule has 0 radical (unpaired) electrons. The molecule has 1 fully saturated rings. The quantitative estimate of drug-likeness (QED) is 0.868. The van der Waals surface area contributed by atoms with E-state index < -0.39 is 10.0 Å². The average Bonchev–Trinajstić information content (AvgIpc) is 3.13. The van der Waals surface area contributed by atoms with Crippen molar-refractivity contribution < 1.29 is 13.2 Å². The number of hydrogen-bond acceptors (Lipinski definition) is 4. The van der Waals surface area contributed by atoms with Crippen molar-refractivity contribution >= 4 is 27.4 Å². The Labute approximate surface area is 158 Å². The highest BCUT2D eigenvalue weighted by Gasteiger charge is 2.30. The van der Waals surface area contributed by atoms with E-state index in [1.54, 1.807) is 22.3 Å². The minimum Gasteiger partial charge on any atom is -0.334 e. The average molecular weight is 394 g/mol. The van der Waals surface area contributed by atoms with Crippen LogP contribution >= 0.6 is 11.3 Å². The third-order valence-electron chi connectivity index (χ3n) is 4.50. The topological polar surface area (TPSA) is 69.7 Å². The second-order valence-corrected chi connectivity index (χ2v) is 9.14. The van der Waals surface area contributed by atoms with Gasteiger partial charge in [0.2, 0.25) is 10.0 Å². The van der Waals surface area contributed by atoms with Crippen molar-refractivity contribution in [2.24, 2.45) is 0 Å². The van der Waals surface area contributed by atoms with Crippen LogP contribution in [0.3, 0.4) is 0 Å². The first-order chi connectivity index (χ1) is 12.4. The third-order valence-corrected chi connectivity index (χ3v) is 7.29. The van der Waals surface area contributed by atoms with Crippen LogP contribution in [0.15, 0.2) is 39.9 Å². The van der Waals surface area contributed by atoms with E-state index in [1.165, 1.54) is 4.31 Å². The van der Waals surface area contributed by atoms with Gasteiger partial charge < -0.3 is 10.2 Å². The minimum absolute atomic E-state index is 0.153. The van der Waals surface area contributed by atoms with Gasteiger partial charge in [0.25, 0.3) is 0 Å². The van der Waals surface area contributed by atoms with Crippen molar-refractivity contribution in [3.8, 4) is 0 Å². The van der Waals surface area contributed by atoms with Crippen molar-refractivity contribution in [3.63, 3.8) is 0 Å². The molecule has 0 aliphatic carbocycles. The van der Waals surface area contributed by atoms with Crippen LogP contribution in [-0.4, -0.2) is 49.8 Å². The normalized spacial score (nSPS) is 15.8. The van der Waals surface area contributed by atoms with Crippen LogP contribution in [0.5, 0.6) is 0 Å². The number of aryl methyl sites for hydroxylation is 2. The van der Waals surface area contributed by atoms with E-state index in [0.717, 1.165) is 16.7 Å². The summed E-state index contributed by atoms with van der Waals surface area (Å²) >= 11 is 1.59. The molecule has 1 N–H and O–H groups in total. The first-order valence-electron chi connectivity index (χ1n) is 8.49. The van der Waals surface area contributed by atoms with Crippen molar-refractivity contribution in [1.29, 1.82) is 0 Å². The van der Waals surface area contributed by atoms with Gasteiger partial charge in [-0.25, -0.2) is 13.2 Å². The van der Waals surface area contributed by atoms with Gasteiger partial charge in [-0.05, 0) is 47.9 Å². The molecule has 2 amide bonds. The highest BCUT2D eigenvalue weighted by Crippen LogP contribution is 2.22. The fourth-order valence-corrected chi connectivity index (χ4v) is 5.34. The lowest BCUT2D eigenvalue weighted by Crippen LogP contribution is -2.53. The largest absolute Gasteiger partial charge is 0.334 e. The van der Waals surface area contributed by atoms with Gasteiger partial charge in [0.15, 0.2) is 0 Å². The summed E-state index contributed by atoms with van der Waals surface area (Å²) in [6.45, 7) is 5.64. The Morgan fingerprint density at radius 2 is 1.88 bits per heavy atom. The van der Waals surface area contributed by atoms with Gasteiger partial charge in [-0.15, -0.1) is 0 Å². The number of amides is 2. The molecular formula is C18H23N3O3S2. The maximum absolute atomic E-state index is 12.9. The minimum atomic E-state index is -3.53. The zero-order valence-corrected chi connectivity index (χ0v) is 16.6. The molecule has 2 heterocycles. The Hall–Kier alpha value is -1.90. The number of rotatable bonds is 4. The molecule has 0 spiro atoms. The number of piperazine rings is 1. The van der Waals surface area contributed by atoms with Gasteiger partial charge in [-0.1, -0.05) is 17.7 Å². The molecule has 0 atom stereocenters. The fourth-order valence-electron chi connectivity index (χ4n) is 3.04. The molecule has 0 saturated carbocycles. The first kappa shape index (κ1) is 18.9. The Morgan fingerprint density at radius 3 is 2.50 bits per heavy atom. The van der Waals surface area contributed by atoms with Crippen molar-refractivity contribution in [2.45, 2.75) is 25.3 Å². The van der Waals surface area contributed by atoms with Crippen LogP contribution < -0.4 is 5.32 Å². The van der Waals surface area contributed by atoms with Crippen molar-refractivity contribution in [2.75, 3.05) is 26.2 Å². The Bertz CT molecular complexity index is 871. The molecule has 0 bridgehead atoms. The molecule has 140 valence electrons. The standard InChI is InChI=1S/C18H23N3O3S2/c1-14-3-4-17(15(2)11-14)26(23,24)21-8-6-20(7-9-21)18(22)19-12-16-5-10-25-13-16/h3-5,10-11,13H,6-9,12H2,1-2H3,(H,19,22). The monoisotopic (exact) mass is 393 g/mol. The summed E-state index contributed by atoms with van der Waals surface area (Å²) in [6, 6.07) is 7.17.